The topological polar surface area (TPSA) is 77.1 Å². The van der Waals surface area contributed by atoms with Gasteiger partial charge in [0.25, 0.3) is 0 Å². The SMILES string of the molecule is NC(=NO)c1ccccc1OCCCC1CCCO1. The van der Waals surface area contributed by atoms with E-state index in [0.29, 0.717) is 24.0 Å². The Bertz CT molecular complexity index is 428. The number of rotatable bonds is 6. The van der Waals surface area contributed by atoms with Gasteiger partial charge in [-0.1, -0.05) is 17.3 Å². The molecule has 5 heteroatoms. The Balaban J connectivity index is 1.82. The smallest absolute Gasteiger partial charge is 0.173 e. The summed E-state index contributed by atoms with van der Waals surface area (Å²) in [6.45, 7) is 1.49. The van der Waals surface area contributed by atoms with Crippen molar-refractivity contribution in [3.8, 4) is 5.75 Å². The minimum absolute atomic E-state index is 0.0646. The van der Waals surface area contributed by atoms with Crippen molar-refractivity contribution in [1.82, 2.24) is 0 Å². The molecule has 19 heavy (non-hydrogen) atoms. The van der Waals surface area contributed by atoms with Gasteiger partial charge in [0.15, 0.2) is 5.84 Å². The summed E-state index contributed by atoms with van der Waals surface area (Å²) < 4.78 is 11.2. The van der Waals surface area contributed by atoms with Gasteiger partial charge in [0.1, 0.15) is 5.75 Å². The van der Waals surface area contributed by atoms with Gasteiger partial charge in [0, 0.05) is 6.61 Å². The van der Waals surface area contributed by atoms with Crippen LogP contribution >= 0.6 is 0 Å². The summed E-state index contributed by atoms with van der Waals surface area (Å²) in [4.78, 5) is 0. The molecule has 1 aromatic rings. The molecule has 0 saturated carbocycles. The van der Waals surface area contributed by atoms with E-state index >= 15 is 0 Å². The number of nitrogens with two attached hydrogens (primary N) is 1. The fourth-order valence-corrected chi connectivity index (χ4v) is 2.22. The summed E-state index contributed by atoms with van der Waals surface area (Å²) in [6.07, 6.45) is 4.67. The van der Waals surface area contributed by atoms with Gasteiger partial charge >= 0.3 is 0 Å². The molecule has 1 saturated heterocycles. The highest BCUT2D eigenvalue weighted by Gasteiger charge is 2.15. The van der Waals surface area contributed by atoms with Gasteiger partial charge in [-0.2, -0.15) is 0 Å². The quantitative estimate of drug-likeness (QED) is 0.271. The monoisotopic (exact) mass is 264 g/mol. The number of hydrogen-bond donors (Lipinski definition) is 2. The van der Waals surface area contributed by atoms with Crippen LogP contribution in [0.25, 0.3) is 0 Å². The second kappa shape index (κ2) is 6.99. The average molecular weight is 264 g/mol. The van der Waals surface area contributed by atoms with Gasteiger partial charge in [0.2, 0.25) is 0 Å². The molecule has 1 aromatic carbocycles. The first-order valence-corrected chi connectivity index (χ1v) is 6.62. The molecular formula is C14H20N2O3. The maximum absolute atomic E-state index is 8.72. The van der Waals surface area contributed by atoms with Crippen molar-refractivity contribution in [2.75, 3.05) is 13.2 Å². The molecule has 1 fully saturated rings. The van der Waals surface area contributed by atoms with Crippen LogP contribution in [-0.2, 0) is 4.74 Å². The van der Waals surface area contributed by atoms with E-state index in [2.05, 4.69) is 5.16 Å². The van der Waals surface area contributed by atoms with Gasteiger partial charge in [-0.05, 0) is 37.8 Å². The zero-order chi connectivity index (χ0) is 13.5. The third-order valence-electron chi connectivity index (χ3n) is 3.22. The highest BCUT2D eigenvalue weighted by atomic mass is 16.5. The van der Waals surface area contributed by atoms with Gasteiger partial charge in [-0.3, -0.25) is 0 Å². The van der Waals surface area contributed by atoms with Crippen molar-refractivity contribution in [1.29, 1.82) is 0 Å². The molecule has 2 rings (SSSR count). The lowest BCUT2D eigenvalue weighted by Gasteiger charge is -2.12. The minimum atomic E-state index is 0.0646. The van der Waals surface area contributed by atoms with Crippen molar-refractivity contribution in [2.45, 2.75) is 31.8 Å². The molecule has 1 atom stereocenters. The zero-order valence-electron chi connectivity index (χ0n) is 10.9. The van der Waals surface area contributed by atoms with E-state index in [0.717, 1.165) is 32.3 Å². The maximum Gasteiger partial charge on any atom is 0.173 e. The first kappa shape index (κ1) is 13.7. The normalized spacial score (nSPS) is 19.6. The van der Waals surface area contributed by atoms with Crippen LogP contribution in [0.3, 0.4) is 0 Å². The highest BCUT2D eigenvalue weighted by molar-refractivity contribution is 5.99. The lowest BCUT2D eigenvalue weighted by atomic mass is 10.1. The number of oxime groups is 1. The van der Waals surface area contributed by atoms with E-state index in [4.69, 9.17) is 20.4 Å². The number of ether oxygens (including phenoxy) is 2. The molecule has 0 aromatic heterocycles. The van der Waals surface area contributed by atoms with Crippen LogP contribution in [0.1, 0.15) is 31.2 Å². The maximum atomic E-state index is 8.72. The Morgan fingerprint density at radius 2 is 2.32 bits per heavy atom. The van der Waals surface area contributed by atoms with Crippen molar-refractivity contribution in [3.05, 3.63) is 29.8 Å². The third-order valence-corrected chi connectivity index (χ3v) is 3.22. The Kier molecular flexibility index (Phi) is 5.03. The molecule has 3 N–H and O–H groups in total. The summed E-state index contributed by atoms with van der Waals surface area (Å²) in [7, 11) is 0. The van der Waals surface area contributed by atoms with Crippen LogP contribution in [0.2, 0.25) is 0 Å². The summed E-state index contributed by atoms with van der Waals surface area (Å²) in [5.74, 6) is 0.708. The largest absolute Gasteiger partial charge is 0.493 e. The van der Waals surface area contributed by atoms with Crippen molar-refractivity contribution >= 4 is 5.84 Å². The fourth-order valence-electron chi connectivity index (χ4n) is 2.22. The Morgan fingerprint density at radius 1 is 1.47 bits per heavy atom. The summed E-state index contributed by atoms with van der Waals surface area (Å²) in [5.41, 5.74) is 6.21. The molecule has 5 nitrogen and oxygen atoms in total. The standard InChI is InChI=1S/C14H20N2O3/c15-14(16-17)12-7-1-2-8-13(12)19-10-4-6-11-5-3-9-18-11/h1-2,7-8,11,17H,3-6,9-10H2,(H2,15,16). The van der Waals surface area contributed by atoms with Crippen LogP contribution in [0.15, 0.2) is 29.4 Å². The lowest BCUT2D eigenvalue weighted by Crippen LogP contribution is -2.15. The number of amidine groups is 1. The first-order valence-electron chi connectivity index (χ1n) is 6.62. The summed E-state index contributed by atoms with van der Waals surface area (Å²) >= 11 is 0. The molecule has 0 spiro atoms. The van der Waals surface area contributed by atoms with E-state index in [1.54, 1.807) is 6.07 Å². The number of nitrogens with zero attached hydrogens (tertiary/aromatic N) is 1. The minimum Gasteiger partial charge on any atom is -0.493 e. The molecule has 0 radical (unpaired) electrons. The molecule has 1 heterocycles. The number of benzene rings is 1. The van der Waals surface area contributed by atoms with Crippen LogP contribution in [0, 0.1) is 0 Å². The van der Waals surface area contributed by atoms with E-state index in [-0.39, 0.29) is 5.84 Å². The predicted octanol–water partition coefficient (Wildman–Crippen LogP) is 2.12. The third kappa shape index (κ3) is 3.86. The van der Waals surface area contributed by atoms with Gasteiger partial charge in [-0.25, -0.2) is 0 Å². The second-order valence-electron chi connectivity index (χ2n) is 4.61. The van der Waals surface area contributed by atoms with E-state index in [1.807, 2.05) is 18.2 Å². The van der Waals surface area contributed by atoms with Crippen LogP contribution in [0.4, 0.5) is 0 Å². The Hall–Kier alpha value is -1.75. The first-order chi connectivity index (χ1) is 9.31. The van der Waals surface area contributed by atoms with Crippen LogP contribution in [-0.4, -0.2) is 30.4 Å². The van der Waals surface area contributed by atoms with Crippen LogP contribution in [0.5, 0.6) is 5.75 Å². The Labute approximate surface area is 113 Å². The summed E-state index contributed by atoms with van der Waals surface area (Å²) in [5, 5.41) is 11.7. The molecule has 0 amide bonds. The zero-order valence-corrected chi connectivity index (χ0v) is 10.9. The molecule has 1 aliphatic rings. The second-order valence-corrected chi connectivity index (χ2v) is 4.61. The van der Waals surface area contributed by atoms with Crippen LogP contribution < -0.4 is 10.5 Å². The highest BCUT2D eigenvalue weighted by Crippen LogP contribution is 2.20. The van der Waals surface area contributed by atoms with Gasteiger partial charge in [0.05, 0.1) is 18.3 Å². The Morgan fingerprint density at radius 3 is 3.05 bits per heavy atom. The average Bonchev–Trinajstić information content (AvgIpc) is 2.96. The molecule has 0 bridgehead atoms. The number of para-hydroxylation sites is 1. The summed E-state index contributed by atoms with van der Waals surface area (Å²) in [6, 6.07) is 7.28. The molecule has 0 aliphatic carbocycles. The number of hydrogen-bond acceptors (Lipinski definition) is 4. The van der Waals surface area contributed by atoms with Crippen molar-refractivity contribution in [3.63, 3.8) is 0 Å². The molecular weight excluding hydrogens is 244 g/mol. The molecule has 1 unspecified atom stereocenters. The van der Waals surface area contributed by atoms with Gasteiger partial charge < -0.3 is 20.4 Å². The molecule has 104 valence electrons. The predicted molar refractivity (Wildman–Crippen MR) is 72.7 cm³/mol. The van der Waals surface area contributed by atoms with Crippen molar-refractivity contribution in [2.24, 2.45) is 10.9 Å². The fraction of sp³-hybridized carbons (Fsp3) is 0.500. The van der Waals surface area contributed by atoms with E-state index in [9.17, 15) is 0 Å². The van der Waals surface area contributed by atoms with E-state index < -0.39 is 0 Å². The van der Waals surface area contributed by atoms with Gasteiger partial charge in [-0.15, -0.1) is 0 Å². The lowest BCUT2D eigenvalue weighted by molar-refractivity contribution is 0.0981. The van der Waals surface area contributed by atoms with Crippen molar-refractivity contribution < 1.29 is 14.7 Å². The van der Waals surface area contributed by atoms with E-state index in [1.165, 1.54) is 0 Å². The molecule has 1 aliphatic heterocycles.